The van der Waals surface area contributed by atoms with Gasteiger partial charge >= 0.3 is 11.7 Å². The van der Waals surface area contributed by atoms with E-state index < -0.39 is 58.9 Å². The van der Waals surface area contributed by atoms with Crippen molar-refractivity contribution in [3.63, 3.8) is 0 Å². The predicted octanol–water partition coefficient (Wildman–Crippen LogP) is -3.18. The average molecular weight is 371 g/mol. The minimum absolute atomic E-state index is 0.306. The first kappa shape index (κ1) is 19.6. The molecule has 1 fully saturated rings. The molecule has 0 aliphatic carbocycles. The van der Waals surface area contributed by atoms with Gasteiger partial charge in [0.15, 0.2) is 11.6 Å². The summed E-state index contributed by atoms with van der Waals surface area (Å²) in [6.45, 7) is 1.86. The van der Waals surface area contributed by atoms with E-state index in [0.717, 1.165) is 20.8 Å². The number of carbonyl (C=O) groups is 3. The molecule has 1 saturated heterocycles. The molecule has 1 aromatic heterocycles. The zero-order valence-corrected chi connectivity index (χ0v) is 14.1. The number of rotatable bonds is 5. The molecule has 0 radical (unpaired) electrons. The maximum absolute atomic E-state index is 12.6. The van der Waals surface area contributed by atoms with E-state index in [-0.39, 0.29) is 0 Å². The standard InChI is InChI=1S/C14H17N3O9/c1-6(19)13(25-8(3)21)11(23)9(5-18)26-14(13,7(2)20)17-12(24)16-10(22)4-15-17/h4,9,11,18,23H,5H2,1-3H3,(H,16,22,24)/t9-,11-,13-,14-/m1/s1. The highest BCUT2D eigenvalue weighted by Crippen LogP contribution is 2.46. The molecule has 1 aromatic rings. The fourth-order valence-electron chi connectivity index (χ4n) is 3.12. The molecular formula is C14H17N3O9. The third-order valence-corrected chi connectivity index (χ3v) is 4.09. The normalized spacial score (nSPS) is 30.8. The van der Waals surface area contributed by atoms with Gasteiger partial charge in [-0.3, -0.25) is 24.2 Å². The molecule has 3 N–H and O–H groups in total. The molecule has 0 bridgehead atoms. The van der Waals surface area contributed by atoms with Crippen LogP contribution in [0.5, 0.6) is 0 Å². The van der Waals surface area contributed by atoms with Crippen LogP contribution in [-0.2, 0) is 29.6 Å². The van der Waals surface area contributed by atoms with Crippen LogP contribution in [0.3, 0.4) is 0 Å². The van der Waals surface area contributed by atoms with Crippen molar-refractivity contribution in [1.82, 2.24) is 14.8 Å². The Morgan fingerprint density at radius 3 is 2.35 bits per heavy atom. The van der Waals surface area contributed by atoms with Gasteiger partial charge in [-0.1, -0.05) is 0 Å². The van der Waals surface area contributed by atoms with Gasteiger partial charge in [0, 0.05) is 6.92 Å². The highest BCUT2D eigenvalue weighted by Gasteiger charge is 2.75. The molecule has 1 aliphatic heterocycles. The van der Waals surface area contributed by atoms with Crippen LogP contribution < -0.4 is 11.2 Å². The number of ketones is 2. The molecule has 26 heavy (non-hydrogen) atoms. The van der Waals surface area contributed by atoms with Crippen LogP contribution in [0.2, 0.25) is 0 Å². The van der Waals surface area contributed by atoms with Gasteiger partial charge in [-0.05, 0) is 13.8 Å². The zero-order valence-electron chi connectivity index (χ0n) is 14.1. The average Bonchev–Trinajstić information content (AvgIpc) is 2.78. The summed E-state index contributed by atoms with van der Waals surface area (Å²) in [4.78, 5) is 62.1. The molecule has 0 unspecified atom stereocenters. The molecule has 0 spiro atoms. The molecule has 142 valence electrons. The lowest BCUT2D eigenvalue weighted by molar-refractivity contribution is -0.217. The number of aliphatic hydroxyl groups is 2. The van der Waals surface area contributed by atoms with Crippen molar-refractivity contribution in [2.75, 3.05) is 6.61 Å². The van der Waals surface area contributed by atoms with E-state index in [4.69, 9.17) is 9.47 Å². The lowest BCUT2D eigenvalue weighted by Crippen LogP contribution is -2.69. The Labute approximate surface area is 145 Å². The van der Waals surface area contributed by atoms with Gasteiger partial charge in [0.25, 0.3) is 16.9 Å². The fourth-order valence-corrected chi connectivity index (χ4v) is 3.12. The number of ether oxygens (including phenoxy) is 2. The number of aromatic nitrogens is 3. The van der Waals surface area contributed by atoms with E-state index in [2.05, 4.69) is 5.10 Å². The van der Waals surface area contributed by atoms with Crippen molar-refractivity contribution >= 4 is 17.5 Å². The molecule has 1 aliphatic rings. The van der Waals surface area contributed by atoms with Gasteiger partial charge in [-0.15, -0.1) is 0 Å². The highest BCUT2D eigenvalue weighted by atomic mass is 16.6. The molecule has 12 heteroatoms. The number of carbonyl (C=O) groups excluding carboxylic acids is 3. The van der Waals surface area contributed by atoms with Gasteiger partial charge in [-0.25, -0.2) is 4.79 Å². The molecule has 12 nitrogen and oxygen atoms in total. The van der Waals surface area contributed by atoms with Crippen molar-refractivity contribution in [2.24, 2.45) is 0 Å². The van der Waals surface area contributed by atoms with Crippen molar-refractivity contribution in [3.05, 3.63) is 27.0 Å². The molecule has 4 atom stereocenters. The second-order valence-electron chi connectivity index (χ2n) is 5.72. The second-order valence-corrected chi connectivity index (χ2v) is 5.72. The first-order valence-electron chi connectivity index (χ1n) is 7.42. The van der Waals surface area contributed by atoms with Crippen molar-refractivity contribution in [3.8, 4) is 0 Å². The SMILES string of the molecule is CC(=O)O[C@]1(C(C)=O)[C@H](O)[C@@H](CO)O[C@@]1(C(C)=O)n1ncc(=O)[nH]c1=O. The lowest BCUT2D eigenvalue weighted by atomic mass is 9.80. The molecule has 2 rings (SSSR count). The summed E-state index contributed by atoms with van der Waals surface area (Å²) in [5.74, 6) is -3.14. The Morgan fingerprint density at radius 1 is 1.31 bits per heavy atom. The molecule has 2 heterocycles. The number of hydrogen-bond donors (Lipinski definition) is 3. The highest BCUT2D eigenvalue weighted by molar-refractivity contribution is 5.98. The Kier molecular flexibility index (Phi) is 4.94. The summed E-state index contributed by atoms with van der Waals surface area (Å²) >= 11 is 0. The minimum atomic E-state index is -2.74. The maximum atomic E-state index is 12.6. The number of Topliss-reactive ketones (excluding diaryl/α,β-unsaturated/α-hetero) is 2. The topological polar surface area (TPSA) is 178 Å². The smallest absolute Gasteiger partial charge is 0.348 e. The Hall–Kier alpha value is -2.70. The van der Waals surface area contributed by atoms with Gasteiger partial charge < -0.3 is 19.7 Å². The number of aliphatic hydroxyl groups excluding tert-OH is 2. The van der Waals surface area contributed by atoms with Crippen molar-refractivity contribution in [2.45, 2.75) is 44.3 Å². The maximum Gasteiger partial charge on any atom is 0.348 e. The monoisotopic (exact) mass is 371 g/mol. The van der Waals surface area contributed by atoms with Gasteiger partial charge in [-0.2, -0.15) is 9.78 Å². The number of nitrogens with zero attached hydrogens (tertiary/aromatic N) is 2. The van der Waals surface area contributed by atoms with Crippen molar-refractivity contribution < 1.29 is 34.1 Å². The van der Waals surface area contributed by atoms with Crippen LogP contribution in [0, 0.1) is 0 Å². The summed E-state index contributed by atoms with van der Waals surface area (Å²) < 4.78 is 10.7. The minimum Gasteiger partial charge on any atom is -0.442 e. The third kappa shape index (κ3) is 2.50. The quantitative estimate of drug-likeness (QED) is 0.447. The van der Waals surface area contributed by atoms with E-state index in [9.17, 15) is 34.2 Å². The summed E-state index contributed by atoms with van der Waals surface area (Å²) in [7, 11) is 0. The lowest BCUT2D eigenvalue weighted by Gasteiger charge is -2.40. The number of esters is 1. The molecule has 0 amide bonds. The van der Waals surface area contributed by atoms with Gasteiger partial charge in [0.05, 0.1) is 6.61 Å². The number of aromatic amines is 1. The predicted molar refractivity (Wildman–Crippen MR) is 80.9 cm³/mol. The zero-order chi connectivity index (χ0) is 19.9. The molecule has 0 saturated carbocycles. The summed E-state index contributed by atoms with van der Waals surface area (Å²) in [5, 5.41) is 23.5. The van der Waals surface area contributed by atoms with Gasteiger partial charge in [0.1, 0.15) is 18.4 Å². The van der Waals surface area contributed by atoms with Crippen LogP contribution in [0.4, 0.5) is 0 Å². The number of hydrogen-bond acceptors (Lipinski definition) is 10. The van der Waals surface area contributed by atoms with Crippen LogP contribution in [0.15, 0.2) is 15.8 Å². The Bertz CT molecular complexity index is 875. The van der Waals surface area contributed by atoms with E-state index >= 15 is 0 Å². The third-order valence-electron chi connectivity index (χ3n) is 4.09. The van der Waals surface area contributed by atoms with Crippen LogP contribution in [0.25, 0.3) is 0 Å². The first-order valence-corrected chi connectivity index (χ1v) is 7.42. The second kappa shape index (κ2) is 6.55. The van der Waals surface area contributed by atoms with Crippen LogP contribution >= 0.6 is 0 Å². The first-order chi connectivity index (χ1) is 12.0. The summed E-state index contributed by atoms with van der Waals surface area (Å²) in [5.41, 5.74) is -7.61. The summed E-state index contributed by atoms with van der Waals surface area (Å²) in [6.07, 6.45) is -2.94. The Balaban J connectivity index is 2.97. The van der Waals surface area contributed by atoms with Gasteiger partial charge in [0.2, 0.25) is 0 Å². The number of nitrogens with one attached hydrogen (secondary N) is 1. The largest absolute Gasteiger partial charge is 0.442 e. The summed E-state index contributed by atoms with van der Waals surface area (Å²) in [6, 6.07) is 0. The van der Waals surface area contributed by atoms with E-state index in [1.807, 2.05) is 4.98 Å². The molecule has 0 aromatic carbocycles. The van der Waals surface area contributed by atoms with Crippen LogP contribution in [-0.4, -0.2) is 66.9 Å². The van der Waals surface area contributed by atoms with E-state index in [0.29, 0.717) is 10.9 Å². The molecular weight excluding hydrogens is 354 g/mol. The van der Waals surface area contributed by atoms with E-state index in [1.54, 1.807) is 0 Å². The van der Waals surface area contributed by atoms with Crippen LogP contribution in [0.1, 0.15) is 20.8 Å². The fraction of sp³-hybridized carbons (Fsp3) is 0.571. The number of H-pyrrole nitrogens is 1. The Morgan fingerprint density at radius 2 is 1.92 bits per heavy atom. The van der Waals surface area contributed by atoms with E-state index in [1.165, 1.54) is 0 Å². The van der Waals surface area contributed by atoms with Crippen molar-refractivity contribution in [1.29, 1.82) is 0 Å².